The number of carbonyl (C=O) groups excluding carboxylic acids is 1. The van der Waals surface area contributed by atoms with Gasteiger partial charge in [-0.2, -0.15) is 0 Å². The van der Waals surface area contributed by atoms with E-state index >= 15 is 0 Å². The van der Waals surface area contributed by atoms with Gasteiger partial charge in [0.25, 0.3) is 5.91 Å². The van der Waals surface area contributed by atoms with Gasteiger partial charge >= 0.3 is 0 Å². The van der Waals surface area contributed by atoms with E-state index in [1.807, 2.05) is 34.4 Å². The summed E-state index contributed by atoms with van der Waals surface area (Å²) in [7, 11) is 0. The van der Waals surface area contributed by atoms with Crippen LogP contribution in [0.4, 0.5) is 5.69 Å². The molecule has 1 aromatic heterocycles. The average Bonchev–Trinajstić information content (AvgIpc) is 3.33. The lowest BCUT2D eigenvalue weighted by Crippen LogP contribution is -3.11. The highest BCUT2D eigenvalue weighted by atomic mass is 35.5. The summed E-state index contributed by atoms with van der Waals surface area (Å²) in [5.74, 6) is 0.294. The highest BCUT2D eigenvalue weighted by molar-refractivity contribution is 7.10. The minimum absolute atomic E-state index is 0.294. The number of benzene rings is 1. The summed E-state index contributed by atoms with van der Waals surface area (Å²) in [6.45, 7) is 4.98. The van der Waals surface area contributed by atoms with Crippen LogP contribution in [0.1, 0.15) is 23.8 Å². The van der Waals surface area contributed by atoms with Crippen molar-refractivity contribution in [2.24, 2.45) is 0 Å². The summed E-state index contributed by atoms with van der Waals surface area (Å²) < 4.78 is 0. The van der Waals surface area contributed by atoms with Gasteiger partial charge in [0, 0.05) is 39.0 Å². The minimum atomic E-state index is 0.294. The maximum Gasteiger partial charge on any atom is 0.277 e. The summed E-state index contributed by atoms with van der Waals surface area (Å²) in [6.07, 6.45) is 2.41. The number of quaternary nitrogens is 1. The second kappa shape index (κ2) is 7.99. The summed E-state index contributed by atoms with van der Waals surface area (Å²) in [4.78, 5) is 20.0. The third-order valence-corrected chi connectivity index (χ3v) is 6.88. The summed E-state index contributed by atoms with van der Waals surface area (Å²) in [5, 5.41) is 2.92. The Morgan fingerprint density at radius 3 is 2.69 bits per heavy atom. The van der Waals surface area contributed by atoms with Gasteiger partial charge in [-0.05, 0) is 23.6 Å². The zero-order valence-electron chi connectivity index (χ0n) is 14.9. The molecule has 2 aliphatic heterocycles. The van der Waals surface area contributed by atoms with Crippen molar-refractivity contribution in [2.75, 3.05) is 44.2 Å². The number of nitrogens with one attached hydrogen (secondary N) is 1. The molecule has 0 spiro atoms. The number of piperazine rings is 1. The summed E-state index contributed by atoms with van der Waals surface area (Å²) >= 11 is 8.13. The molecule has 0 radical (unpaired) electrons. The van der Waals surface area contributed by atoms with E-state index in [0.717, 1.165) is 43.4 Å². The SMILES string of the molecule is O=C(C[NH+]1CCC[C@H]1c1cccs1)N1CCN(c2ccccc2Cl)CC1. The normalized spacial score (nSPS) is 23.4. The van der Waals surface area contributed by atoms with Gasteiger partial charge in [-0.3, -0.25) is 4.79 Å². The molecule has 1 amide bonds. The van der Waals surface area contributed by atoms with Crippen LogP contribution in [0.5, 0.6) is 0 Å². The molecule has 4 nitrogen and oxygen atoms in total. The molecule has 2 saturated heterocycles. The van der Waals surface area contributed by atoms with Crippen molar-refractivity contribution in [1.29, 1.82) is 0 Å². The highest BCUT2D eigenvalue weighted by Gasteiger charge is 2.34. The van der Waals surface area contributed by atoms with Crippen LogP contribution in [0.25, 0.3) is 0 Å². The van der Waals surface area contributed by atoms with E-state index in [1.54, 1.807) is 0 Å². The third kappa shape index (κ3) is 3.75. The largest absolute Gasteiger partial charge is 0.367 e. The van der Waals surface area contributed by atoms with Crippen LogP contribution in [0.3, 0.4) is 0 Å². The van der Waals surface area contributed by atoms with Gasteiger partial charge in [0.05, 0.1) is 22.1 Å². The van der Waals surface area contributed by atoms with Gasteiger partial charge in [-0.25, -0.2) is 0 Å². The van der Waals surface area contributed by atoms with Crippen LogP contribution in [0.2, 0.25) is 5.02 Å². The molecule has 2 aromatic rings. The molecule has 2 atom stereocenters. The van der Waals surface area contributed by atoms with Crippen molar-refractivity contribution in [1.82, 2.24) is 4.90 Å². The number of anilines is 1. The molecule has 0 bridgehead atoms. The topological polar surface area (TPSA) is 28.0 Å². The molecule has 3 heterocycles. The Bertz CT molecular complexity index is 743. The first-order valence-electron chi connectivity index (χ1n) is 9.37. The molecule has 4 rings (SSSR count). The second-order valence-electron chi connectivity index (χ2n) is 7.11. The Hall–Kier alpha value is -1.56. The molecular weight excluding hydrogens is 366 g/mol. The van der Waals surface area contributed by atoms with Gasteiger partial charge in [0.1, 0.15) is 6.04 Å². The molecule has 1 unspecified atom stereocenters. The minimum Gasteiger partial charge on any atom is -0.367 e. The van der Waals surface area contributed by atoms with E-state index < -0.39 is 0 Å². The molecule has 138 valence electrons. The predicted molar refractivity (Wildman–Crippen MR) is 107 cm³/mol. The smallest absolute Gasteiger partial charge is 0.277 e. The monoisotopic (exact) mass is 390 g/mol. The van der Waals surface area contributed by atoms with E-state index in [9.17, 15) is 4.79 Å². The highest BCUT2D eigenvalue weighted by Crippen LogP contribution is 2.26. The fourth-order valence-corrected chi connectivity index (χ4v) is 5.34. The maximum atomic E-state index is 12.8. The van der Waals surface area contributed by atoms with Gasteiger partial charge in [-0.1, -0.05) is 29.8 Å². The molecule has 6 heteroatoms. The van der Waals surface area contributed by atoms with E-state index in [0.29, 0.717) is 18.5 Å². The van der Waals surface area contributed by atoms with Crippen LogP contribution in [0.15, 0.2) is 41.8 Å². The van der Waals surface area contributed by atoms with Gasteiger partial charge in [-0.15, -0.1) is 11.3 Å². The van der Waals surface area contributed by atoms with Crippen LogP contribution in [0, 0.1) is 0 Å². The van der Waals surface area contributed by atoms with Crippen molar-refractivity contribution in [3.63, 3.8) is 0 Å². The fraction of sp³-hybridized carbons (Fsp3) is 0.450. The first-order chi connectivity index (χ1) is 12.7. The van der Waals surface area contributed by atoms with Gasteiger partial charge in [0.15, 0.2) is 6.54 Å². The first-order valence-corrected chi connectivity index (χ1v) is 10.6. The number of hydrogen-bond acceptors (Lipinski definition) is 3. The Kier molecular flexibility index (Phi) is 5.48. The Morgan fingerprint density at radius 2 is 1.96 bits per heavy atom. The molecule has 0 saturated carbocycles. The summed E-state index contributed by atoms with van der Waals surface area (Å²) in [5.41, 5.74) is 1.07. The van der Waals surface area contributed by atoms with E-state index in [-0.39, 0.29) is 0 Å². The number of likely N-dealkylation sites (tertiary alicyclic amines) is 1. The number of hydrogen-bond donors (Lipinski definition) is 1. The lowest BCUT2D eigenvalue weighted by molar-refractivity contribution is -0.910. The summed E-state index contributed by atoms with van der Waals surface area (Å²) in [6, 6.07) is 12.8. The molecule has 2 aliphatic rings. The van der Waals surface area contributed by atoms with Crippen molar-refractivity contribution >= 4 is 34.5 Å². The van der Waals surface area contributed by atoms with E-state index in [2.05, 4.69) is 28.5 Å². The van der Waals surface area contributed by atoms with Crippen molar-refractivity contribution in [3.05, 3.63) is 51.7 Å². The first kappa shape index (κ1) is 17.8. The van der Waals surface area contributed by atoms with Crippen LogP contribution in [-0.4, -0.2) is 50.1 Å². The number of carbonyl (C=O) groups is 1. The fourth-order valence-electron chi connectivity index (χ4n) is 4.17. The zero-order valence-corrected chi connectivity index (χ0v) is 16.4. The maximum absolute atomic E-state index is 12.8. The second-order valence-corrected chi connectivity index (χ2v) is 8.50. The number of thiophene rings is 1. The Balaban J connectivity index is 1.33. The van der Waals surface area contributed by atoms with Crippen LogP contribution >= 0.6 is 22.9 Å². The molecule has 1 N–H and O–H groups in total. The van der Waals surface area contributed by atoms with Crippen LogP contribution < -0.4 is 9.80 Å². The molecule has 2 fully saturated rings. The van der Waals surface area contributed by atoms with Crippen molar-refractivity contribution in [2.45, 2.75) is 18.9 Å². The molecular formula is C20H25ClN3OS+. The third-order valence-electron chi connectivity index (χ3n) is 5.57. The molecule has 0 aliphatic carbocycles. The van der Waals surface area contributed by atoms with E-state index in [4.69, 9.17) is 11.6 Å². The number of para-hydroxylation sites is 1. The molecule has 1 aromatic carbocycles. The van der Waals surface area contributed by atoms with Gasteiger partial charge < -0.3 is 14.7 Å². The van der Waals surface area contributed by atoms with Crippen LogP contribution in [-0.2, 0) is 4.79 Å². The zero-order chi connectivity index (χ0) is 17.9. The van der Waals surface area contributed by atoms with E-state index in [1.165, 1.54) is 22.6 Å². The predicted octanol–water partition coefficient (Wildman–Crippen LogP) is 2.47. The quantitative estimate of drug-likeness (QED) is 0.868. The number of amides is 1. The van der Waals surface area contributed by atoms with Crippen molar-refractivity contribution < 1.29 is 9.69 Å². The number of halogens is 1. The molecule has 26 heavy (non-hydrogen) atoms. The van der Waals surface area contributed by atoms with Crippen molar-refractivity contribution in [3.8, 4) is 0 Å². The van der Waals surface area contributed by atoms with Gasteiger partial charge in [0.2, 0.25) is 0 Å². The lowest BCUT2D eigenvalue weighted by atomic mass is 10.2. The number of rotatable bonds is 4. The average molecular weight is 391 g/mol. The Morgan fingerprint density at radius 1 is 1.15 bits per heavy atom. The standard InChI is InChI=1S/C20H24ClN3OS/c21-16-5-1-2-6-17(16)22-10-12-23(13-11-22)20(25)15-24-9-3-7-18(24)19-8-4-14-26-19/h1-2,4-6,8,14,18H,3,7,9-13,15H2/p+1/t18-/m0/s1. The Labute approximate surface area is 164 Å². The number of nitrogens with zero attached hydrogens (tertiary/aromatic N) is 2. The lowest BCUT2D eigenvalue weighted by Gasteiger charge is -2.36.